The van der Waals surface area contributed by atoms with E-state index in [2.05, 4.69) is 23.6 Å². The fourth-order valence-corrected chi connectivity index (χ4v) is 6.75. The molecule has 0 radical (unpaired) electrons. The standard InChI is InChI=1S/C20H28N2O4S/c1-19(2)11-20(12-21-3-5-24-6-4-21)13-22(9-15(19)20)18(23)17-16-14(10-27-17)25-7-8-26-16/h10,15H,3-9,11-13H2,1-2H3/t15-,20+/m1/s1. The number of fused-ring (bicyclic) bond motifs is 2. The van der Waals surface area contributed by atoms with Crippen molar-refractivity contribution in [3.05, 3.63) is 10.3 Å². The summed E-state index contributed by atoms with van der Waals surface area (Å²) in [6, 6.07) is 0. The summed E-state index contributed by atoms with van der Waals surface area (Å²) in [6.07, 6.45) is 1.19. The first-order valence-corrected chi connectivity index (χ1v) is 10.8. The Balaban J connectivity index is 1.36. The summed E-state index contributed by atoms with van der Waals surface area (Å²) < 4.78 is 16.9. The van der Waals surface area contributed by atoms with Crippen LogP contribution in [0.25, 0.3) is 0 Å². The molecule has 1 aliphatic carbocycles. The zero-order valence-corrected chi connectivity index (χ0v) is 17.0. The Morgan fingerprint density at radius 3 is 2.78 bits per heavy atom. The molecule has 5 rings (SSSR count). The molecule has 148 valence electrons. The van der Waals surface area contributed by atoms with Crippen molar-refractivity contribution in [1.82, 2.24) is 9.80 Å². The van der Waals surface area contributed by atoms with Gasteiger partial charge in [-0.3, -0.25) is 9.69 Å². The average Bonchev–Trinajstić information content (AvgIpc) is 3.22. The van der Waals surface area contributed by atoms with E-state index in [0.717, 1.165) is 51.7 Å². The van der Waals surface area contributed by atoms with Crippen molar-refractivity contribution in [3.8, 4) is 11.5 Å². The van der Waals surface area contributed by atoms with Crippen molar-refractivity contribution in [2.45, 2.75) is 20.3 Å². The first-order valence-electron chi connectivity index (χ1n) is 9.95. The summed E-state index contributed by atoms with van der Waals surface area (Å²) in [6.45, 7) is 12.2. The van der Waals surface area contributed by atoms with E-state index in [1.54, 1.807) is 0 Å². The Kier molecular flexibility index (Phi) is 4.18. The van der Waals surface area contributed by atoms with E-state index in [-0.39, 0.29) is 11.3 Å². The summed E-state index contributed by atoms with van der Waals surface area (Å²) in [5.41, 5.74) is 0.529. The van der Waals surface area contributed by atoms with Gasteiger partial charge in [-0.2, -0.15) is 0 Å². The summed E-state index contributed by atoms with van der Waals surface area (Å²) in [5.74, 6) is 2.04. The third-order valence-corrected chi connectivity index (χ3v) is 7.75. The maximum absolute atomic E-state index is 13.3. The van der Waals surface area contributed by atoms with Crippen LogP contribution in [0.1, 0.15) is 29.9 Å². The molecule has 1 saturated carbocycles. The summed E-state index contributed by atoms with van der Waals surface area (Å²) in [5, 5.41) is 1.90. The lowest BCUT2D eigenvalue weighted by Crippen LogP contribution is -2.59. The van der Waals surface area contributed by atoms with Gasteiger partial charge in [0.2, 0.25) is 0 Å². The molecule has 0 unspecified atom stereocenters. The van der Waals surface area contributed by atoms with Crippen LogP contribution in [0, 0.1) is 16.7 Å². The fraction of sp³-hybridized carbons (Fsp3) is 0.750. The van der Waals surface area contributed by atoms with Crippen LogP contribution in [0.4, 0.5) is 0 Å². The molecule has 0 N–H and O–H groups in total. The molecule has 6 nitrogen and oxygen atoms in total. The van der Waals surface area contributed by atoms with Crippen LogP contribution in [0.3, 0.4) is 0 Å². The minimum Gasteiger partial charge on any atom is -0.485 e. The van der Waals surface area contributed by atoms with Crippen LogP contribution in [0.2, 0.25) is 0 Å². The lowest BCUT2D eigenvalue weighted by Gasteiger charge is -2.58. The quantitative estimate of drug-likeness (QED) is 0.790. The number of amides is 1. The molecule has 4 heterocycles. The molecule has 3 aliphatic heterocycles. The van der Waals surface area contributed by atoms with Crippen LogP contribution in [-0.2, 0) is 4.74 Å². The molecule has 0 bridgehead atoms. The van der Waals surface area contributed by atoms with Crippen molar-refractivity contribution < 1.29 is 19.0 Å². The van der Waals surface area contributed by atoms with Crippen LogP contribution >= 0.6 is 11.3 Å². The van der Waals surface area contributed by atoms with E-state index in [0.29, 0.717) is 35.2 Å². The van der Waals surface area contributed by atoms with E-state index in [1.807, 2.05) is 5.38 Å². The van der Waals surface area contributed by atoms with Gasteiger partial charge in [0.05, 0.1) is 13.2 Å². The molecule has 0 aromatic carbocycles. The van der Waals surface area contributed by atoms with E-state index in [9.17, 15) is 4.79 Å². The van der Waals surface area contributed by atoms with Crippen molar-refractivity contribution in [1.29, 1.82) is 0 Å². The number of ether oxygens (including phenoxy) is 3. The summed E-state index contributed by atoms with van der Waals surface area (Å²) in [7, 11) is 0. The van der Waals surface area contributed by atoms with E-state index in [4.69, 9.17) is 14.2 Å². The monoisotopic (exact) mass is 392 g/mol. The van der Waals surface area contributed by atoms with Crippen LogP contribution in [-0.4, -0.2) is 74.9 Å². The number of rotatable bonds is 3. The van der Waals surface area contributed by atoms with Gasteiger partial charge in [0, 0.05) is 43.5 Å². The topological polar surface area (TPSA) is 51.2 Å². The van der Waals surface area contributed by atoms with E-state index >= 15 is 0 Å². The highest BCUT2D eigenvalue weighted by Crippen LogP contribution is 2.63. The molecule has 2 atom stereocenters. The predicted octanol–water partition coefficient (Wildman–Crippen LogP) is 2.34. The van der Waals surface area contributed by atoms with Crippen molar-refractivity contribution in [2.75, 3.05) is 59.2 Å². The molecule has 4 aliphatic rings. The highest BCUT2D eigenvalue weighted by Gasteiger charge is 2.63. The van der Waals surface area contributed by atoms with Gasteiger partial charge in [0.15, 0.2) is 11.5 Å². The molecule has 27 heavy (non-hydrogen) atoms. The van der Waals surface area contributed by atoms with Crippen LogP contribution < -0.4 is 9.47 Å². The Morgan fingerprint density at radius 2 is 2.00 bits per heavy atom. The van der Waals surface area contributed by atoms with Gasteiger partial charge < -0.3 is 19.1 Å². The summed E-state index contributed by atoms with van der Waals surface area (Å²) >= 11 is 1.45. The number of morpholine rings is 1. The average molecular weight is 393 g/mol. The van der Waals surface area contributed by atoms with Gasteiger partial charge in [0.25, 0.3) is 5.91 Å². The lowest BCUT2D eigenvalue weighted by molar-refractivity contribution is -0.0966. The van der Waals surface area contributed by atoms with E-state index < -0.39 is 0 Å². The number of likely N-dealkylation sites (tertiary alicyclic amines) is 1. The molecular weight excluding hydrogens is 364 g/mol. The van der Waals surface area contributed by atoms with Crippen molar-refractivity contribution in [2.24, 2.45) is 16.7 Å². The number of thiophene rings is 1. The fourth-order valence-electron chi connectivity index (χ4n) is 5.85. The molecule has 3 fully saturated rings. The molecule has 1 aromatic rings. The van der Waals surface area contributed by atoms with Gasteiger partial charge in [-0.25, -0.2) is 0 Å². The predicted molar refractivity (Wildman–Crippen MR) is 103 cm³/mol. The number of carbonyl (C=O) groups is 1. The van der Waals surface area contributed by atoms with Crippen LogP contribution in [0.15, 0.2) is 5.38 Å². The minimum absolute atomic E-state index is 0.110. The second-order valence-electron chi connectivity index (χ2n) is 9.11. The largest absolute Gasteiger partial charge is 0.485 e. The Morgan fingerprint density at radius 1 is 1.22 bits per heavy atom. The number of nitrogens with zero attached hydrogens (tertiary/aromatic N) is 2. The maximum atomic E-state index is 13.3. The van der Waals surface area contributed by atoms with Crippen molar-refractivity contribution >= 4 is 17.2 Å². The first kappa shape index (κ1) is 17.8. The number of hydrogen-bond donors (Lipinski definition) is 0. The third-order valence-electron chi connectivity index (χ3n) is 6.82. The van der Waals surface area contributed by atoms with E-state index in [1.165, 1.54) is 17.8 Å². The molecule has 1 aromatic heterocycles. The zero-order valence-electron chi connectivity index (χ0n) is 16.2. The molecule has 2 saturated heterocycles. The summed E-state index contributed by atoms with van der Waals surface area (Å²) in [4.78, 5) is 18.6. The SMILES string of the molecule is CC1(C)C[C@]2(CN3CCOCC3)CN(C(=O)c3scc4c3OCCO4)C[C@H]12. The smallest absolute Gasteiger partial charge is 0.267 e. The Bertz CT molecular complexity index is 742. The van der Waals surface area contributed by atoms with Gasteiger partial charge in [0.1, 0.15) is 18.1 Å². The Labute approximate surface area is 164 Å². The number of carbonyl (C=O) groups excluding carboxylic acids is 1. The third kappa shape index (κ3) is 2.86. The maximum Gasteiger partial charge on any atom is 0.267 e. The van der Waals surface area contributed by atoms with Crippen LogP contribution in [0.5, 0.6) is 11.5 Å². The Hall–Kier alpha value is -1.31. The first-order chi connectivity index (χ1) is 13.0. The van der Waals surface area contributed by atoms with Gasteiger partial charge >= 0.3 is 0 Å². The van der Waals surface area contributed by atoms with Gasteiger partial charge in [-0.15, -0.1) is 11.3 Å². The molecule has 7 heteroatoms. The minimum atomic E-state index is 0.110. The number of hydrogen-bond acceptors (Lipinski definition) is 6. The molecule has 0 spiro atoms. The molecular formula is C20H28N2O4S. The van der Waals surface area contributed by atoms with Crippen molar-refractivity contribution in [3.63, 3.8) is 0 Å². The highest BCUT2D eigenvalue weighted by atomic mass is 32.1. The normalized spacial score (nSPS) is 32.1. The molecule has 1 amide bonds. The second-order valence-corrected chi connectivity index (χ2v) is 9.99. The zero-order chi connectivity index (χ0) is 18.6. The van der Waals surface area contributed by atoms with Gasteiger partial charge in [-0.1, -0.05) is 13.8 Å². The van der Waals surface area contributed by atoms with Gasteiger partial charge in [-0.05, 0) is 17.8 Å². The second kappa shape index (κ2) is 6.36. The lowest BCUT2D eigenvalue weighted by atomic mass is 9.48. The highest BCUT2D eigenvalue weighted by molar-refractivity contribution is 7.12.